The van der Waals surface area contributed by atoms with Crippen molar-refractivity contribution in [1.82, 2.24) is 0 Å². The van der Waals surface area contributed by atoms with Crippen molar-refractivity contribution in [2.24, 2.45) is 5.92 Å². The molecule has 2 rings (SSSR count). The molecular weight excluding hydrogens is 233 g/mol. The third-order valence-electron chi connectivity index (χ3n) is 2.66. The molecule has 1 unspecified atom stereocenters. The molecule has 0 bridgehead atoms. The van der Waals surface area contributed by atoms with Crippen LogP contribution in [-0.2, 0) is 4.79 Å². The molecule has 3 nitrogen and oxygen atoms in total. The van der Waals surface area contributed by atoms with E-state index in [0.29, 0.717) is 24.5 Å². The molecule has 0 radical (unpaired) electrons. The second-order valence-electron chi connectivity index (χ2n) is 3.86. The van der Waals surface area contributed by atoms with Gasteiger partial charge in [0.1, 0.15) is 0 Å². The fourth-order valence-corrected chi connectivity index (χ4v) is 2.01. The zero-order valence-electron chi connectivity index (χ0n) is 8.49. The summed E-state index contributed by atoms with van der Waals surface area (Å²) in [7, 11) is 0. The van der Waals surface area contributed by atoms with Crippen LogP contribution in [0.2, 0.25) is 0 Å². The fourth-order valence-electron chi connectivity index (χ4n) is 1.80. The summed E-state index contributed by atoms with van der Waals surface area (Å²) in [5, 5.41) is 9.23. The molecule has 0 aliphatic carbocycles. The zero-order chi connectivity index (χ0) is 11.7. The second kappa shape index (κ2) is 4.29. The average molecular weight is 244 g/mol. The number of aromatic hydroxyl groups is 1. The molecule has 1 aromatic carbocycles. The number of hydrogen-bond donors (Lipinski definition) is 1. The summed E-state index contributed by atoms with van der Waals surface area (Å²) in [6.07, 6.45) is 0.404. The topological polar surface area (TPSA) is 40.5 Å². The fraction of sp³-hybridized carbons (Fsp3) is 0.364. The lowest BCUT2D eigenvalue weighted by atomic mass is 10.1. The van der Waals surface area contributed by atoms with Crippen molar-refractivity contribution < 1.29 is 14.3 Å². The van der Waals surface area contributed by atoms with Gasteiger partial charge >= 0.3 is 0 Å². The summed E-state index contributed by atoms with van der Waals surface area (Å²) in [5.74, 6) is -0.628. The van der Waals surface area contributed by atoms with Crippen LogP contribution in [0.3, 0.4) is 0 Å². The Morgan fingerprint density at radius 3 is 2.88 bits per heavy atom. The van der Waals surface area contributed by atoms with E-state index in [1.54, 1.807) is 0 Å². The van der Waals surface area contributed by atoms with Crippen molar-refractivity contribution in [2.75, 3.05) is 17.3 Å². The summed E-state index contributed by atoms with van der Waals surface area (Å²) in [4.78, 5) is 13.2. The summed E-state index contributed by atoms with van der Waals surface area (Å²) < 4.78 is 12.9. The summed E-state index contributed by atoms with van der Waals surface area (Å²) in [6.45, 7) is 0.521. The minimum atomic E-state index is -0.690. The van der Waals surface area contributed by atoms with Gasteiger partial charge in [-0.1, -0.05) is 0 Å². The number of phenols is 1. The number of phenolic OH excluding ortho intramolecular Hbond substituents is 1. The SMILES string of the molecule is O=C1CC(CCl)CN1c1ccc(F)c(O)c1. The van der Waals surface area contributed by atoms with Crippen LogP contribution in [0.5, 0.6) is 5.75 Å². The largest absolute Gasteiger partial charge is 0.505 e. The molecule has 1 heterocycles. The Bertz CT molecular complexity index is 424. The van der Waals surface area contributed by atoms with Gasteiger partial charge in [0.25, 0.3) is 0 Å². The highest BCUT2D eigenvalue weighted by atomic mass is 35.5. The van der Waals surface area contributed by atoms with Crippen molar-refractivity contribution in [3.63, 3.8) is 0 Å². The Morgan fingerprint density at radius 2 is 2.31 bits per heavy atom. The van der Waals surface area contributed by atoms with Gasteiger partial charge in [-0.15, -0.1) is 11.6 Å². The first kappa shape index (κ1) is 11.2. The molecule has 1 atom stereocenters. The van der Waals surface area contributed by atoms with E-state index in [4.69, 9.17) is 11.6 Å². The Morgan fingerprint density at radius 1 is 1.56 bits per heavy atom. The van der Waals surface area contributed by atoms with E-state index in [2.05, 4.69) is 0 Å². The van der Waals surface area contributed by atoms with Gasteiger partial charge in [-0.2, -0.15) is 0 Å². The molecular formula is C11H11ClFNO2. The first-order valence-corrected chi connectivity index (χ1v) is 5.50. The van der Waals surface area contributed by atoms with Crippen LogP contribution in [0.25, 0.3) is 0 Å². The molecule has 0 spiro atoms. The Labute approximate surface area is 97.4 Å². The maximum Gasteiger partial charge on any atom is 0.227 e. The first-order valence-electron chi connectivity index (χ1n) is 4.96. The van der Waals surface area contributed by atoms with Crippen LogP contribution in [0.4, 0.5) is 10.1 Å². The highest BCUT2D eigenvalue weighted by Gasteiger charge is 2.30. The number of carbonyl (C=O) groups is 1. The monoisotopic (exact) mass is 243 g/mol. The van der Waals surface area contributed by atoms with Crippen LogP contribution in [0.1, 0.15) is 6.42 Å². The van der Waals surface area contributed by atoms with Crippen molar-refractivity contribution in [3.05, 3.63) is 24.0 Å². The highest BCUT2D eigenvalue weighted by molar-refractivity contribution is 6.18. The van der Waals surface area contributed by atoms with E-state index in [9.17, 15) is 14.3 Å². The molecule has 1 amide bonds. The van der Waals surface area contributed by atoms with Gasteiger partial charge in [-0.3, -0.25) is 4.79 Å². The lowest BCUT2D eigenvalue weighted by Gasteiger charge is -2.16. The molecule has 1 saturated heterocycles. The summed E-state index contributed by atoms with van der Waals surface area (Å²) in [6, 6.07) is 3.87. The van der Waals surface area contributed by atoms with Gasteiger partial charge in [-0.25, -0.2) is 4.39 Å². The van der Waals surface area contributed by atoms with Crippen LogP contribution in [0, 0.1) is 11.7 Å². The van der Waals surface area contributed by atoms with E-state index < -0.39 is 11.6 Å². The summed E-state index contributed by atoms with van der Waals surface area (Å²) in [5.41, 5.74) is 0.511. The van der Waals surface area contributed by atoms with Gasteiger partial charge in [0, 0.05) is 30.6 Å². The molecule has 5 heteroatoms. The van der Waals surface area contributed by atoms with Crippen LogP contribution in [0.15, 0.2) is 18.2 Å². The van der Waals surface area contributed by atoms with Crippen LogP contribution in [-0.4, -0.2) is 23.4 Å². The molecule has 1 aromatic rings. The zero-order valence-corrected chi connectivity index (χ0v) is 9.25. The number of halogens is 2. The molecule has 1 aliphatic heterocycles. The number of rotatable bonds is 2. The first-order chi connectivity index (χ1) is 7.61. The summed E-state index contributed by atoms with van der Waals surface area (Å²) >= 11 is 5.69. The predicted octanol–water partition coefficient (Wildman–Crippen LogP) is 2.12. The molecule has 1 N–H and O–H groups in total. The van der Waals surface area contributed by atoms with Crippen LogP contribution < -0.4 is 4.90 Å². The average Bonchev–Trinajstić information content (AvgIpc) is 2.64. The number of nitrogens with zero attached hydrogens (tertiary/aromatic N) is 1. The van der Waals surface area contributed by atoms with Gasteiger partial charge in [-0.05, 0) is 18.1 Å². The predicted molar refractivity (Wildman–Crippen MR) is 59.2 cm³/mol. The molecule has 1 aliphatic rings. The highest BCUT2D eigenvalue weighted by Crippen LogP contribution is 2.29. The smallest absolute Gasteiger partial charge is 0.227 e. The Hall–Kier alpha value is -1.29. The van der Waals surface area contributed by atoms with Crippen molar-refractivity contribution in [1.29, 1.82) is 0 Å². The standard InChI is InChI=1S/C11H11ClFNO2/c12-5-7-3-11(16)14(6-7)8-1-2-9(13)10(15)4-8/h1-2,4,7,15H,3,5-6H2. The van der Waals surface area contributed by atoms with Crippen molar-refractivity contribution >= 4 is 23.2 Å². The minimum absolute atomic E-state index is 0.0448. The lowest BCUT2D eigenvalue weighted by molar-refractivity contribution is -0.117. The third kappa shape index (κ3) is 1.97. The molecule has 0 saturated carbocycles. The van der Waals surface area contributed by atoms with E-state index in [1.165, 1.54) is 17.0 Å². The van der Waals surface area contributed by atoms with Gasteiger partial charge in [0.2, 0.25) is 5.91 Å². The van der Waals surface area contributed by atoms with E-state index in [-0.39, 0.29) is 11.8 Å². The second-order valence-corrected chi connectivity index (χ2v) is 4.17. The van der Waals surface area contributed by atoms with Gasteiger partial charge in [0.15, 0.2) is 11.6 Å². The van der Waals surface area contributed by atoms with Crippen molar-refractivity contribution in [3.8, 4) is 5.75 Å². The minimum Gasteiger partial charge on any atom is -0.505 e. The van der Waals surface area contributed by atoms with E-state index >= 15 is 0 Å². The molecule has 1 fully saturated rings. The number of anilines is 1. The van der Waals surface area contributed by atoms with E-state index in [1.807, 2.05) is 0 Å². The Balaban J connectivity index is 2.24. The molecule has 86 valence electrons. The number of benzene rings is 1. The molecule has 0 aromatic heterocycles. The Kier molecular flexibility index (Phi) is 3.01. The number of hydrogen-bond acceptors (Lipinski definition) is 2. The van der Waals surface area contributed by atoms with E-state index in [0.717, 1.165) is 6.07 Å². The third-order valence-corrected chi connectivity index (χ3v) is 3.10. The van der Waals surface area contributed by atoms with Crippen molar-refractivity contribution in [2.45, 2.75) is 6.42 Å². The lowest BCUT2D eigenvalue weighted by Crippen LogP contribution is -2.24. The maximum absolute atomic E-state index is 12.9. The number of carbonyl (C=O) groups excluding carboxylic acids is 1. The number of alkyl halides is 1. The molecule has 16 heavy (non-hydrogen) atoms. The number of amides is 1. The quantitative estimate of drug-likeness (QED) is 0.809. The van der Waals surface area contributed by atoms with Crippen LogP contribution >= 0.6 is 11.6 Å². The normalized spacial score (nSPS) is 20.5. The van der Waals surface area contributed by atoms with Gasteiger partial charge < -0.3 is 10.0 Å². The van der Waals surface area contributed by atoms with Gasteiger partial charge in [0.05, 0.1) is 0 Å². The maximum atomic E-state index is 12.9.